The second-order valence-corrected chi connectivity index (χ2v) is 3.99. The monoisotopic (exact) mass is 222 g/mol. The van der Waals surface area contributed by atoms with Gasteiger partial charge in [0.2, 0.25) is 0 Å². The van der Waals surface area contributed by atoms with E-state index in [2.05, 4.69) is 19.9 Å². The van der Waals surface area contributed by atoms with Crippen LogP contribution in [0.3, 0.4) is 0 Å². The molecule has 0 saturated carbocycles. The second-order valence-electron chi connectivity index (χ2n) is 3.99. The summed E-state index contributed by atoms with van der Waals surface area (Å²) in [4.78, 5) is 11.2. The van der Waals surface area contributed by atoms with Gasteiger partial charge in [-0.1, -0.05) is 26.0 Å². The summed E-state index contributed by atoms with van der Waals surface area (Å²) in [5.41, 5.74) is 1.21. The molecule has 0 aliphatic carbocycles. The lowest BCUT2D eigenvalue weighted by Gasteiger charge is -2.09. The van der Waals surface area contributed by atoms with Crippen LogP contribution in [-0.2, 0) is 9.53 Å². The van der Waals surface area contributed by atoms with Crippen LogP contribution < -0.4 is 4.74 Å². The van der Waals surface area contributed by atoms with Crippen molar-refractivity contribution >= 4 is 5.78 Å². The second kappa shape index (κ2) is 6.28. The molecule has 0 fully saturated rings. The summed E-state index contributed by atoms with van der Waals surface area (Å²) in [6.45, 7) is 4.41. The number of benzene rings is 1. The van der Waals surface area contributed by atoms with E-state index in [9.17, 15) is 4.79 Å². The van der Waals surface area contributed by atoms with Gasteiger partial charge in [0.15, 0.2) is 5.78 Å². The highest BCUT2D eigenvalue weighted by molar-refractivity contribution is 5.81. The summed E-state index contributed by atoms with van der Waals surface area (Å²) in [6.07, 6.45) is 0. The van der Waals surface area contributed by atoms with Crippen LogP contribution in [0.15, 0.2) is 24.3 Å². The third kappa shape index (κ3) is 4.03. The minimum Gasteiger partial charge on any atom is -0.486 e. The molecule has 0 heterocycles. The van der Waals surface area contributed by atoms with Crippen LogP contribution in [0.2, 0.25) is 0 Å². The first-order chi connectivity index (χ1) is 7.63. The Morgan fingerprint density at radius 3 is 2.69 bits per heavy atom. The smallest absolute Gasteiger partial charge is 0.195 e. The number of methoxy groups -OCH3 is 1. The molecule has 3 heteroatoms. The number of rotatable bonds is 6. The number of hydrogen-bond donors (Lipinski definition) is 0. The van der Waals surface area contributed by atoms with Gasteiger partial charge in [-0.25, -0.2) is 0 Å². The molecule has 16 heavy (non-hydrogen) atoms. The van der Waals surface area contributed by atoms with E-state index in [4.69, 9.17) is 9.47 Å². The molecule has 1 rings (SSSR count). The molecule has 88 valence electrons. The number of carbonyl (C=O) groups is 1. The van der Waals surface area contributed by atoms with Gasteiger partial charge in [-0.15, -0.1) is 0 Å². The average Bonchev–Trinajstić information content (AvgIpc) is 2.27. The summed E-state index contributed by atoms with van der Waals surface area (Å²) in [7, 11) is 1.50. The van der Waals surface area contributed by atoms with E-state index in [1.807, 2.05) is 18.2 Å². The number of ketones is 1. The van der Waals surface area contributed by atoms with E-state index < -0.39 is 0 Å². The Hall–Kier alpha value is -1.35. The molecule has 0 saturated heterocycles. The lowest BCUT2D eigenvalue weighted by Crippen LogP contribution is -2.16. The highest BCUT2D eigenvalue weighted by Gasteiger charge is 2.04. The normalized spacial score (nSPS) is 10.5. The Morgan fingerprint density at radius 2 is 2.06 bits per heavy atom. The first-order valence-electron chi connectivity index (χ1n) is 5.37. The highest BCUT2D eigenvalue weighted by Crippen LogP contribution is 2.19. The van der Waals surface area contributed by atoms with Crippen LogP contribution in [0, 0.1) is 0 Å². The molecule has 0 spiro atoms. The van der Waals surface area contributed by atoms with Crippen LogP contribution in [0.1, 0.15) is 25.3 Å². The zero-order valence-corrected chi connectivity index (χ0v) is 10.0. The van der Waals surface area contributed by atoms with Crippen LogP contribution in [0.5, 0.6) is 5.75 Å². The fourth-order valence-electron chi connectivity index (χ4n) is 1.33. The molecule has 0 atom stereocenters. The molecule has 3 nitrogen and oxygen atoms in total. The van der Waals surface area contributed by atoms with E-state index in [-0.39, 0.29) is 19.0 Å². The molecule has 0 radical (unpaired) electrons. The Morgan fingerprint density at radius 1 is 1.31 bits per heavy atom. The molecule has 0 unspecified atom stereocenters. The first kappa shape index (κ1) is 12.7. The van der Waals surface area contributed by atoms with Crippen molar-refractivity contribution in [3.63, 3.8) is 0 Å². The van der Waals surface area contributed by atoms with Crippen molar-refractivity contribution in [2.75, 3.05) is 20.3 Å². The third-order valence-corrected chi connectivity index (χ3v) is 2.23. The number of carbonyl (C=O) groups excluding carboxylic acids is 1. The van der Waals surface area contributed by atoms with Crippen LogP contribution in [-0.4, -0.2) is 26.1 Å². The molecular formula is C13H18O3. The Kier molecular flexibility index (Phi) is 4.99. The van der Waals surface area contributed by atoms with Crippen LogP contribution in [0.25, 0.3) is 0 Å². The quantitative estimate of drug-likeness (QED) is 0.741. The SMILES string of the molecule is COCC(=O)COc1cccc(C(C)C)c1. The topological polar surface area (TPSA) is 35.5 Å². The molecule has 0 amide bonds. The van der Waals surface area contributed by atoms with Crippen molar-refractivity contribution in [1.82, 2.24) is 0 Å². The highest BCUT2D eigenvalue weighted by atomic mass is 16.5. The van der Waals surface area contributed by atoms with Crippen molar-refractivity contribution in [3.8, 4) is 5.75 Å². The maximum Gasteiger partial charge on any atom is 0.195 e. The average molecular weight is 222 g/mol. The zero-order chi connectivity index (χ0) is 12.0. The van der Waals surface area contributed by atoms with Gasteiger partial charge >= 0.3 is 0 Å². The van der Waals surface area contributed by atoms with Gasteiger partial charge in [-0.3, -0.25) is 4.79 Å². The maximum absolute atomic E-state index is 11.2. The van der Waals surface area contributed by atoms with Crippen molar-refractivity contribution in [1.29, 1.82) is 0 Å². The lowest BCUT2D eigenvalue weighted by atomic mass is 10.0. The molecular weight excluding hydrogens is 204 g/mol. The number of ether oxygens (including phenoxy) is 2. The number of Topliss-reactive ketones (excluding diaryl/α,β-unsaturated/α-hetero) is 1. The van der Waals surface area contributed by atoms with Crippen molar-refractivity contribution in [3.05, 3.63) is 29.8 Å². The minimum atomic E-state index is -0.0579. The summed E-state index contributed by atoms with van der Waals surface area (Å²) >= 11 is 0. The van der Waals surface area contributed by atoms with Gasteiger partial charge in [-0.2, -0.15) is 0 Å². The Labute approximate surface area is 96.4 Å². The molecule has 1 aromatic carbocycles. The summed E-state index contributed by atoms with van der Waals surface area (Å²) in [5, 5.41) is 0. The fourth-order valence-corrected chi connectivity index (χ4v) is 1.33. The minimum absolute atomic E-state index is 0.0579. The van der Waals surface area contributed by atoms with Gasteiger partial charge in [0, 0.05) is 7.11 Å². The standard InChI is InChI=1S/C13H18O3/c1-10(2)11-5-4-6-13(7-11)16-9-12(14)8-15-3/h4-7,10H,8-9H2,1-3H3. The maximum atomic E-state index is 11.2. The molecule has 0 aliphatic heterocycles. The van der Waals surface area contributed by atoms with Gasteiger partial charge in [0.05, 0.1) is 0 Å². The molecule has 0 bridgehead atoms. The largest absolute Gasteiger partial charge is 0.486 e. The van der Waals surface area contributed by atoms with E-state index in [1.165, 1.54) is 12.7 Å². The van der Waals surface area contributed by atoms with Gasteiger partial charge in [0.1, 0.15) is 19.0 Å². The van der Waals surface area contributed by atoms with Crippen molar-refractivity contribution < 1.29 is 14.3 Å². The molecule has 0 N–H and O–H groups in total. The van der Waals surface area contributed by atoms with Gasteiger partial charge in [0.25, 0.3) is 0 Å². The van der Waals surface area contributed by atoms with Crippen molar-refractivity contribution in [2.24, 2.45) is 0 Å². The van der Waals surface area contributed by atoms with Crippen LogP contribution in [0.4, 0.5) is 0 Å². The molecule has 0 aromatic heterocycles. The van der Waals surface area contributed by atoms with E-state index in [0.29, 0.717) is 5.92 Å². The predicted octanol–water partition coefficient (Wildman–Crippen LogP) is 2.40. The lowest BCUT2D eigenvalue weighted by molar-refractivity contribution is -0.124. The Balaban J connectivity index is 2.54. The van der Waals surface area contributed by atoms with Crippen molar-refractivity contribution in [2.45, 2.75) is 19.8 Å². The number of hydrogen-bond acceptors (Lipinski definition) is 3. The summed E-state index contributed by atoms with van der Waals surface area (Å²) < 4.78 is 10.1. The third-order valence-electron chi connectivity index (χ3n) is 2.23. The van der Waals surface area contributed by atoms with E-state index >= 15 is 0 Å². The van der Waals surface area contributed by atoms with E-state index in [0.717, 1.165) is 5.75 Å². The first-order valence-corrected chi connectivity index (χ1v) is 5.37. The Bertz CT molecular complexity index is 345. The zero-order valence-electron chi connectivity index (χ0n) is 10.0. The van der Waals surface area contributed by atoms with Crippen LogP contribution >= 0.6 is 0 Å². The molecule has 1 aromatic rings. The summed E-state index contributed by atoms with van der Waals surface area (Å²) in [5.74, 6) is 1.13. The summed E-state index contributed by atoms with van der Waals surface area (Å²) in [6, 6.07) is 7.80. The van der Waals surface area contributed by atoms with E-state index in [1.54, 1.807) is 0 Å². The molecule has 0 aliphatic rings. The van der Waals surface area contributed by atoms with Gasteiger partial charge in [-0.05, 0) is 23.6 Å². The van der Waals surface area contributed by atoms with Gasteiger partial charge < -0.3 is 9.47 Å². The fraction of sp³-hybridized carbons (Fsp3) is 0.462. The predicted molar refractivity (Wildman–Crippen MR) is 62.9 cm³/mol.